The number of benzene rings is 3. The maximum Gasteiger partial charge on any atom is 0.416 e. The lowest BCUT2D eigenvalue weighted by molar-refractivity contribution is -0.137. The van der Waals surface area contributed by atoms with Gasteiger partial charge in [-0.25, -0.2) is 4.79 Å². The Bertz CT molecular complexity index is 967. The Kier molecular flexibility index (Phi) is 4.31. The monoisotopic (exact) mass is 342 g/mol. The van der Waals surface area contributed by atoms with Crippen molar-refractivity contribution in [3.63, 3.8) is 0 Å². The van der Waals surface area contributed by atoms with E-state index in [0.29, 0.717) is 5.56 Å². The van der Waals surface area contributed by atoms with E-state index in [2.05, 4.69) is 0 Å². The molecule has 0 fully saturated rings. The van der Waals surface area contributed by atoms with E-state index < -0.39 is 17.7 Å². The van der Waals surface area contributed by atoms with Crippen LogP contribution in [0.25, 0.3) is 22.4 Å². The number of aliphatic carboxylic acids is 1. The van der Waals surface area contributed by atoms with Gasteiger partial charge in [0, 0.05) is 0 Å². The van der Waals surface area contributed by atoms with Gasteiger partial charge in [0.15, 0.2) is 0 Å². The molecule has 0 amide bonds. The van der Waals surface area contributed by atoms with E-state index in [4.69, 9.17) is 0 Å². The Morgan fingerprint density at radius 1 is 0.920 bits per heavy atom. The number of carbonyl (C=O) groups is 1. The van der Waals surface area contributed by atoms with Gasteiger partial charge in [-0.3, -0.25) is 0 Å². The van der Waals surface area contributed by atoms with Gasteiger partial charge < -0.3 is 5.11 Å². The first kappa shape index (κ1) is 16.8. The molecule has 0 saturated carbocycles. The highest BCUT2D eigenvalue weighted by Gasteiger charge is 2.30. The summed E-state index contributed by atoms with van der Waals surface area (Å²) in [5.41, 5.74) is -0.233. The molecule has 3 rings (SSSR count). The van der Waals surface area contributed by atoms with Crippen LogP contribution in [-0.4, -0.2) is 11.1 Å². The summed E-state index contributed by atoms with van der Waals surface area (Å²) in [5.74, 6) is -1.20. The van der Waals surface area contributed by atoms with Crippen molar-refractivity contribution in [2.75, 3.05) is 0 Å². The molecule has 5 heteroatoms. The Labute approximate surface area is 141 Å². The number of alkyl halides is 3. The third kappa shape index (κ3) is 3.55. The molecule has 0 aliphatic rings. The van der Waals surface area contributed by atoms with E-state index in [1.54, 1.807) is 24.3 Å². The van der Waals surface area contributed by atoms with Gasteiger partial charge in [-0.15, -0.1) is 0 Å². The number of carboxylic acids is 1. The lowest BCUT2D eigenvalue weighted by atomic mass is 9.96. The molecule has 0 bridgehead atoms. The second-order valence-corrected chi connectivity index (χ2v) is 5.51. The second-order valence-electron chi connectivity index (χ2n) is 5.51. The average molecular weight is 342 g/mol. The molecule has 0 aromatic heterocycles. The molecule has 0 aliphatic heterocycles. The fraction of sp³-hybridized carbons (Fsp3) is 0.0500. The maximum atomic E-state index is 12.9. The molecule has 1 N–H and O–H groups in total. The van der Waals surface area contributed by atoms with Crippen molar-refractivity contribution < 1.29 is 23.1 Å². The number of hydrogen-bond acceptors (Lipinski definition) is 1. The van der Waals surface area contributed by atoms with Crippen LogP contribution < -0.4 is 0 Å². The zero-order valence-electron chi connectivity index (χ0n) is 12.9. The van der Waals surface area contributed by atoms with Crippen LogP contribution in [-0.2, 0) is 11.0 Å². The zero-order valence-corrected chi connectivity index (χ0v) is 12.9. The van der Waals surface area contributed by atoms with Crippen LogP contribution in [0.4, 0.5) is 13.2 Å². The molecule has 25 heavy (non-hydrogen) atoms. The number of fused-ring (bicyclic) bond motifs is 1. The first-order valence-corrected chi connectivity index (χ1v) is 7.46. The summed E-state index contributed by atoms with van der Waals surface area (Å²) in [4.78, 5) is 11.7. The minimum Gasteiger partial charge on any atom is -0.478 e. The van der Waals surface area contributed by atoms with Gasteiger partial charge in [0.05, 0.1) is 11.1 Å². The smallest absolute Gasteiger partial charge is 0.416 e. The summed E-state index contributed by atoms with van der Waals surface area (Å²) >= 11 is 0. The minimum absolute atomic E-state index is 0.0591. The van der Waals surface area contributed by atoms with Gasteiger partial charge >= 0.3 is 12.1 Å². The van der Waals surface area contributed by atoms with Crippen molar-refractivity contribution in [3.8, 4) is 0 Å². The summed E-state index contributed by atoms with van der Waals surface area (Å²) in [6, 6.07) is 17.1. The number of halogens is 3. The highest BCUT2D eigenvalue weighted by atomic mass is 19.4. The van der Waals surface area contributed by atoms with Gasteiger partial charge in [0.1, 0.15) is 0 Å². The number of carboxylic acid groups (broad SMARTS) is 1. The third-order valence-electron chi connectivity index (χ3n) is 3.84. The molecule has 3 aromatic carbocycles. The van der Waals surface area contributed by atoms with Crippen molar-refractivity contribution >= 4 is 28.4 Å². The van der Waals surface area contributed by atoms with Crippen LogP contribution in [0.2, 0.25) is 0 Å². The van der Waals surface area contributed by atoms with Gasteiger partial charge in [-0.1, -0.05) is 54.6 Å². The van der Waals surface area contributed by atoms with Crippen molar-refractivity contribution in [2.45, 2.75) is 6.18 Å². The van der Waals surface area contributed by atoms with E-state index in [1.807, 2.05) is 18.2 Å². The largest absolute Gasteiger partial charge is 0.478 e. The van der Waals surface area contributed by atoms with Crippen LogP contribution in [0.1, 0.15) is 16.7 Å². The molecule has 2 nitrogen and oxygen atoms in total. The number of rotatable bonds is 3. The topological polar surface area (TPSA) is 37.3 Å². The predicted octanol–water partition coefficient (Wildman–Crippen LogP) is 5.48. The summed E-state index contributed by atoms with van der Waals surface area (Å²) in [7, 11) is 0. The summed E-state index contributed by atoms with van der Waals surface area (Å²) in [5, 5.41) is 11.2. The van der Waals surface area contributed by atoms with Crippen molar-refractivity contribution in [1.82, 2.24) is 0 Å². The highest BCUT2D eigenvalue weighted by Crippen LogP contribution is 2.31. The summed E-state index contributed by atoms with van der Waals surface area (Å²) in [6.45, 7) is 0. The van der Waals surface area contributed by atoms with Gasteiger partial charge in [0.2, 0.25) is 0 Å². The van der Waals surface area contributed by atoms with Crippen LogP contribution in [0, 0.1) is 0 Å². The van der Waals surface area contributed by atoms with E-state index >= 15 is 0 Å². The van der Waals surface area contributed by atoms with Crippen molar-refractivity contribution in [3.05, 3.63) is 83.4 Å². The predicted molar refractivity (Wildman–Crippen MR) is 90.9 cm³/mol. The van der Waals surface area contributed by atoms with E-state index in [1.165, 1.54) is 18.2 Å². The minimum atomic E-state index is -4.48. The van der Waals surface area contributed by atoms with E-state index in [0.717, 1.165) is 22.9 Å². The van der Waals surface area contributed by atoms with Gasteiger partial charge in [0.25, 0.3) is 0 Å². The molecule has 0 unspecified atom stereocenters. The van der Waals surface area contributed by atoms with E-state index in [-0.39, 0.29) is 11.1 Å². The van der Waals surface area contributed by atoms with Gasteiger partial charge in [-0.05, 0) is 40.1 Å². The lowest BCUT2D eigenvalue weighted by Gasteiger charge is -2.09. The van der Waals surface area contributed by atoms with E-state index in [9.17, 15) is 23.1 Å². The Morgan fingerprint density at radius 2 is 1.60 bits per heavy atom. The quantitative estimate of drug-likeness (QED) is 0.505. The molecule has 0 spiro atoms. The molecular weight excluding hydrogens is 329 g/mol. The average Bonchev–Trinajstić information content (AvgIpc) is 2.58. The van der Waals surface area contributed by atoms with Crippen molar-refractivity contribution in [1.29, 1.82) is 0 Å². The molecule has 0 radical (unpaired) electrons. The normalized spacial score (nSPS) is 12.4. The molecule has 0 aliphatic carbocycles. The Balaban J connectivity index is 2.17. The Hall–Kier alpha value is -3.08. The van der Waals surface area contributed by atoms with Crippen LogP contribution >= 0.6 is 0 Å². The first-order chi connectivity index (χ1) is 11.9. The maximum absolute atomic E-state index is 12.9. The molecule has 0 heterocycles. The van der Waals surface area contributed by atoms with Crippen LogP contribution in [0.5, 0.6) is 0 Å². The van der Waals surface area contributed by atoms with Crippen LogP contribution in [0.15, 0.2) is 66.7 Å². The van der Waals surface area contributed by atoms with Crippen molar-refractivity contribution in [2.24, 2.45) is 0 Å². The van der Waals surface area contributed by atoms with Gasteiger partial charge in [-0.2, -0.15) is 13.2 Å². The SMILES string of the molecule is O=C(O)/C(=C\c1cccc(C(F)(F)F)c1)c1cccc2ccccc12. The molecule has 3 aromatic rings. The number of hydrogen-bond donors (Lipinski definition) is 1. The summed E-state index contributed by atoms with van der Waals surface area (Å²) < 4.78 is 38.6. The lowest BCUT2D eigenvalue weighted by Crippen LogP contribution is -2.05. The first-order valence-electron chi connectivity index (χ1n) is 7.46. The molecule has 126 valence electrons. The molecule has 0 atom stereocenters. The van der Waals surface area contributed by atoms with Crippen LogP contribution in [0.3, 0.4) is 0 Å². The fourth-order valence-corrected chi connectivity index (χ4v) is 2.69. The highest BCUT2D eigenvalue weighted by molar-refractivity contribution is 6.23. The Morgan fingerprint density at radius 3 is 2.32 bits per heavy atom. The standard InChI is InChI=1S/C20H13F3O2/c21-20(22,23)15-8-3-5-13(11-15)12-18(19(24)25)17-10-4-7-14-6-1-2-9-16(14)17/h1-12H,(H,24,25)/b18-12-. The second kappa shape index (κ2) is 6.43. The third-order valence-corrected chi connectivity index (χ3v) is 3.84. The zero-order chi connectivity index (χ0) is 18.0. The molecular formula is C20H13F3O2. The fourth-order valence-electron chi connectivity index (χ4n) is 2.69. The summed E-state index contributed by atoms with van der Waals surface area (Å²) in [6.07, 6.45) is -3.22. The molecule has 0 saturated heterocycles.